The van der Waals surface area contributed by atoms with Crippen LogP contribution in [0, 0.1) is 4.77 Å². The first-order valence-electron chi connectivity index (χ1n) is 7.86. The standard InChI is InChI=1S/C19H16N4OS/c1-20-13-9-10-15(17(24)11-13)18-21-22-19(25)23(18)16-8-4-6-12-5-2-3-7-14(12)16/h2-11,20,24H,1H3,(H,22,25). The van der Waals surface area contributed by atoms with E-state index < -0.39 is 0 Å². The summed E-state index contributed by atoms with van der Waals surface area (Å²) in [5, 5.41) is 22.8. The van der Waals surface area contributed by atoms with Crippen molar-refractivity contribution in [3.8, 4) is 22.8 Å². The average molecular weight is 348 g/mol. The van der Waals surface area contributed by atoms with Gasteiger partial charge in [-0.15, -0.1) is 0 Å². The molecule has 0 aliphatic rings. The minimum atomic E-state index is 0.141. The Hall–Kier alpha value is -3.12. The Balaban J connectivity index is 1.99. The lowest BCUT2D eigenvalue weighted by molar-refractivity contribution is 0.477. The molecule has 0 spiro atoms. The molecule has 0 radical (unpaired) electrons. The van der Waals surface area contributed by atoms with Crippen LogP contribution in [0.1, 0.15) is 0 Å². The van der Waals surface area contributed by atoms with Crippen molar-refractivity contribution >= 4 is 28.7 Å². The number of aromatic amines is 1. The summed E-state index contributed by atoms with van der Waals surface area (Å²) in [4.78, 5) is 0. The zero-order valence-corrected chi connectivity index (χ0v) is 14.3. The van der Waals surface area contributed by atoms with Gasteiger partial charge in [-0.3, -0.25) is 9.67 Å². The van der Waals surface area contributed by atoms with E-state index in [9.17, 15) is 5.11 Å². The summed E-state index contributed by atoms with van der Waals surface area (Å²) in [5.41, 5.74) is 2.36. The lowest BCUT2D eigenvalue weighted by Crippen LogP contribution is -1.99. The number of aromatic hydroxyl groups is 1. The van der Waals surface area contributed by atoms with Gasteiger partial charge < -0.3 is 10.4 Å². The van der Waals surface area contributed by atoms with Crippen molar-refractivity contribution in [1.82, 2.24) is 14.8 Å². The van der Waals surface area contributed by atoms with Gasteiger partial charge in [-0.25, -0.2) is 0 Å². The van der Waals surface area contributed by atoms with E-state index in [1.54, 1.807) is 13.1 Å². The Morgan fingerprint density at radius 1 is 1.08 bits per heavy atom. The number of aromatic nitrogens is 3. The van der Waals surface area contributed by atoms with Crippen LogP contribution in [0.15, 0.2) is 60.7 Å². The predicted molar refractivity (Wildman–Crippen MR) is 103 cm³/mol. The Bertz CT molecular complexity index is 1120. The van der Waals surface area contributed by atoms with E-state index in [0.29, 0.717) is 16.2 Å². The number of H-pyrrole nitrogens is 1. The lowest BCUT2D eigenvalue weighted by atomic mass is 10.1. The third-order valence-electron chi connectivity index (χ3n) is 4.21. The maximum Gasteiger partial charge on any atom is 0.200 e. The number of fused-ring (bicyclic) bond motifs is 1. The number of benzene rings is 3. The van der Waals surface area contributed by atoms with Gasteiger partial charge in [-0.2, -0.15) is 5.10 Å². The molecule has 0 bridgehead atoms. The number of hydrogen-bond donors (Lipinski definition) is 3. The fourth-order valence-electron chi connectivity index (χ4n) is 2.98. The highest BCUT2D eigenvalue weighted by Crippen LogP contribution is 2.33. The van der Waals surface area contributed by atoms with Crippen LogP contribution in [-0.2, 0) is 0 Å². The molecule has 0 unspecified atom stereocenters. The van der Waals surface area contributed by atoms with Crippen LogP contribution in [0.2, 0.25) is 0 Å². The second-order valence-electron chi connectivity index (χ2n) is 5.67. The maximum atomic E-state index is 10.4. The van der Waals surface area contributed by atoms with E-state index >= 15 is 0 Å². The Morgan fingerprint density at radius 3 is 2.68 bits per heavy atom. The summed E-state index contributed by atoms with van der Waals surface area (Å²) < 4.78 is 2.33. The molecule has 1 aromatic heterocycles. The molecule has 1 heterocycles. The van der Waals surface area contributed by atoms with Crippen molar-refractivity contribution in [3.63, 3.8) is 0 Å². The number of phenols is 1. The first-order valence-corrected chi connectivity index (χ1v) is 8.26. The van der Waals surface area contributed by atoms with Crippen molar-refractivity contribution in [2.45, 2.75) is 0 Å². The quantitative estimate of drug-likeness (QED) is 0.477. The van der Waals surface area contributed by atoms with Crippen molar-refractivity contribution in [1.29, 1.82) is 0 Å². The van der Waals surface area contributed by atoms with E-state index in [-0.39, 0.29) is 5.75 Å². The molecule has 6 heteroatoms. The molecular weight excluding hydrogens is 332 g/mol. The fraction of sp³-hybridized carbons (Fsp3) is 0.0526. The van der Waals surface area contributed by atoms with Crippen LogP contribution >= 0.6 is 12.2 Å². The maximum absolute atomic E-state index is 10.4. The first kappa shape index (κ1) is 15.4. The summed E-state index contributed by atoms with van der Waals surface area (Å²) in [6.45, 7) is 0. The summed E-state index contributed by atoms with van der Waals surface area (Å²) >= 11 is 5.46. The van der Waals surface area contributed by atoms with Gasteiger partial charge in [0.1, 0.15) is 5.75 Å². The summed E-state index contributed by atoms with van der Waals surface area (Å²) in [7, 11) is 1.81. The minimum absolute atomic E-state index is 0.141. The van der Waals surface area contributed by atoms with Gasteiger partial charge in [0, 0.05) is 24.2 Å². The minimum Gasteiger partial charge on any atom is -0.507 e. The number of anilines is 1. The van der Waals surface area contributed by atoms with E-state index in [1.165, 1.54) is 0 Å². The molecule has 0 fully saturated rings. The summed E-state index contributed by atoms with van der Waals surface area (Å²) in [5.74, 6) is 0.712. The molecule has 5 nitrogen and oxygen atoms in total. The molecule has 124 valence electrons. The lowest BCUT2D eigenvalue weighted by Gasteiger charge is -2.12. The van der Waals surface area contributed by atoms with Crippen LogP contribution in [0.25, 0.3) is 27.8 Å². The van der Waals surface area contributed by atoms with Gasteiger partial charge in [-0.05, 0) is 35.8 Å². The second-order valence-corrected chi connectivity index (χ2v) is 6.05. The zero-order chi connectivity index (χ0) is 17.4. The van der Waals surface area contributed by atoms with Crippen LogP contribution < -0.4 is 5.32 Å². The van der Waals surface area contributed by atoms with E-state index in [4.69, 9.17) is 12.2 Å². The van der Waals surface area contributed by atoms with E-state index in [0.717, 1.165) is 22.1 Å². The average Bonchev–Trinajstić information content (AvgIpc) is 3.02. The predicted octanol–water partition coefficient (Wildman–Crippen LogP) is 4.50. The van der Waals surface area contributed by atoms with Gasteiger partial charge in [0.15, 0.2) is 10.6 Å². The fourth-order valence-corrected chi connectivity index (χ4v) is 3.21. The number of nitrogens with one attached hydrogen (secondary N) is 2. The van der Waals surface area contributed by atoms with Gasteiger partial charge >= 0.3 is 0 Å². The Morgan fingerprint density at radius 2 is 1.88 bits per heavy atom. The van der Waals surface area contributed by atoms with Crippen molar-refractivity contribution < 1.29 is 5.11 Å². The molecule has 0 aliphatic carbocycles. The van der Waals surface area contributed by atoms with Crippen LogP contribution in [0.5, 0.6) is 5.75 Å². The highest BCUT2D eigenvalue weighted by atomic mass is 32.1. The molecule has 0 saturated carbocycles. The van der Waals surface area contributed by atoms with E-state index in [1.807, 2.05) is 47.0 Å². The molecule has 25 heavy (non-hydrogen) atoms. The summed E-state index contributed by atoms with van der Waals surface area (Å²) in [6, 6.07) is 19.5. The highest BCUT2D eigenvalue weighted by Gasteiger charge is 2.16. The van der Waals surface area contributed by atoms with Crippen LogP contribution in [0.3, 0.4) is 0 Å². The Kier molecular flexibility index (Phi) is 3.74. The van der Waals surface area contributed by atoms with Crippen molar-refractivity contribution in [3.05, 3.63) is 65.4 Å². The molecule has 0 atom stereocenters. The summed E-state index contributed by atoms with van der Waals surface area (Å²) in [6.07, 6.45) is 0. The largest absolute Gasteiger partial charge is 0.507 e. The van der Waals surface area contributed by atoms with E-state index in [2.05, 4.69) is 27.6 Å². The van der Waals surface area contributed by atoms with Crippen molar-refractivity contribution in [2.24, 2.45) is 0 Å². The molecule has 0 saturated heterocycles. The molecule has 3 N–H and O–H groups in total. The Labute approximate surface area is 149 Å². The highest BCUT2D eigenvalue weighted by molar-refractivity contribution is 7.71. The normalized spacial score (nSPS) is 10.9. The van der Waals surface area contributed by atoms with Gasteiger partial charge in [0.25, 0.3) is 0 Å². The molecular formula is C19H16N4OS. The SMILES string of the molecule is CNc1ccc(-c2n[nH]c(=S)n2-c2cccc3ccccc23)c(O)c1. The monoisotopic (exact) mass is 348 g/mol. The third kappa shape index (κ3) is 2.56. The number of phenolic OH excluding ortho intramolecular Hbond substituents is 1. The van der Waals surface area contributed by atoms with Crippen LogP contribution in [0.4, 0.5) is 5.69 Å². The number of rotatable bonds is 3. The van der Waals surface area contributed by atoms with Crippen molar-refractivity contribution in [2.75, 3.05) is 12.4 Å². The van der Waals surface area contributed by atoms with Crippen LogP contribution in [-0.4, -0.2) is 26.9 Å². The molecule has 3 aromatic carbocycles. The third-order valence-corrected chi connectivity index (χ3v) is 4.48. The van der Waals surface area contributed by atoms with Gasteiger partial charge in [0.2, 0.25) is 0 Å². The second kappa shape index (κ2) is 6.07. The first-order chi connectivity index (χ1) is 12.2. The smallest absolute Gasteiger partial charge is 0.200 e. The number of nitrogens with zero attached hydrogens (tertiary/aromatic N) is 2. The molecule has 0 amide bonds. The topological polar surface area (TPSA) is 65.9 Å². The molecule has 4 aromatic rings. The van der Waals surface area contributed by atoms with Gasteiger partial charge in [-0.1, -0.05) is 36.4 Å². The number of hydrogen-bond acceptors (Lipinski definition) is 4. The zero-order valence-electron chi connectivity index (χ0n) is 13.5. The van der Waals surface area contributed by atoms with Gasteiger partial charge in [0.05, 0.1) is 11.3 Å². The molecule has 4 rings (SSSR count). The molecule has 0 aliphatic heterocycles.